The first-order valence-electron chi connectivity index (χ1n) is 4.95. The maximum Gasteiger partial charge on any atom is 0.316 e. The Bertz CT molecular complexity index is 232. The van der Waals surface area contributed by atoms with Crippen LogP contribution in [0.15, 0.2) is 0 Å². The molecule has 1 aliphatic rings. The Morgan fingerprint density at radius 1 is 1.64 bits per heavy atom. The van der Waals surface area contributed by atoms with Crippen LogP contribution in [0.5, 0.6) is 0 Å². The molecule has 80 valence electrons. The summed E-state index contributed by atoms with van der Waals surface area (Å²) in [7, 11) is 1.89. The van der Waals surface area contributed by atoms with Crippen molar-refractivity contribution in [2.45, 2.75) is 26.3 Å². The largest absolute Gasteiger partial charge is 0.465 e. The molecular formula is C10H17NO3. The molecule has 4 heteroatoms. The third kappa shape index (κ3) is 2.32. The molecule has 1 rings (SSSR count). The Kier molecular flexibility index (Phi) is 3.63. The molecule has 1 heterocycles. The van der Waals surface area contributed by atoms with Crippen LogP contribution >= 0.6 is 0 Å². The fourth-order valence-corrected chi connectivity index (χ4v) is 1.63. The van der Waals surface area contributed by atoms with Crippen molar-refractivity contribution in [1.29, 1.82) is 0 Å². The molecule has 14 heavy (non-hydrogen) atoms. The molecule has 0 aromatic carbocycles. The highest BCUT2D eigenvalue weighted by molar-refractivity contribution is 6.00. The second kappa shape index (κ2) is 4.55. The molecule has 0 aliphatic carbocycles. The van der Waals surface area contributed by atoms with Crippen molar-refractivity contribution in [3.05, 3.63) is 0 Å². The number of hydrogen-bond donors (Lipinski definition) is 0. The highest BCUT2D eigenvalue weighted by Crippen LogP contribution is 2.19. The van der Waals surface area contributed by atoms with Crippen LogP contribution in [0.3, 0.4) is 0 Å². The van der Waals surface area contributed by atoms with Crippen LogP contribution in [0.25, 0.3) is 0 Å². The first kappa shape index (κ1) is 11.2. The third-order valence-electron chi connectivity index (χ3n) is 2.69. The van der Waals surface area contributed by atoms with E-state index in [0.29, 0.717) is 19.6 Å². The van der Waals surface area contributed by atoms with E-state index in [1.54, 1.807) is 6.92 Å². The van der Waals surface area contributed by atoms with E-state index < -0.39 is 5.92 Å². The van der Waals surface area contributed by atoms with Gasteiger partial charge in [-0.2, -0.15) is 0 Å². The molecule has 0 aromatic rings. The van der Waals surface area contributed by atoms with E-state index in [9.17, 15) is 9.59 Å². The van der Waals surface area contributed by atoms with Crippen LogP contribution in [0.1, 0.15) is 20.3 Å². The van der Waals surface area contributed by atoms with Crippen LogP contribution in [-0.2, 0) is 14.3 Å². The summed E-state index contributed by atoms with van der Waals surface area (Å²) in [4.78, 5) is 24.9. The van der Waals surface area contributed by atoms with Crippen molar-refractivity contribution >= 4 is 11.8 Å². The van der Waals surface area contributed by atoms with E-state index in [1.807, 2.05) is 18.9 Å². The monoisotopic (exact) mass is 199 g/mol. The summed E-state index contributed by atoms with van der Waals surface area (Å²) in [6, 6.07) is 0.266. The number of ether oxygens (including phenoxy) is 1. The number of nitrogens with zero attached hydrogens (tertiary/aromatic N) is 1. The molecule has 0 aromatic heterocycles. The molecule has 2 unspecified atom stereocenters. The molecule has 0 spiro atoms. The zero-order valence-electron chi connectivity index (χ0n) is 8.95. The summed E-state index contributed by atoms with van der Waals surface area (Å²) in [5.41, 5.74) is 0. The van der Waals surface area contributed by atoms with Crippen molar-refractivity contribution < 1.29 is 14.3 Å². The van der Waals surface area contributed by atoms with Crippen molar-refractivity contribution in [3.63, 3.8) is 0 Å². The lowest BCUT2D eigenvalue weighted by Gasteiger charge is -2.32. The maximum absolute atomic E-state index is 11.5. The Morgan fingerprint density at radius 3 is 2.86 bits per heavy atom. The minimum absolute atomic E-state index is 0.0240. The number of carbonyl (C=O) groups is 2. The highest BCUT2D eigenvalue weighted by Gasteiger charge is 2.35. The van der Waals surface area contributed by atoms with E-state index in [4.69, 9.17) is 4.74 Å². The number of piperidine rings is 1. The molecule has 1 fully saturated rings. The van der Waals surface area contributed by atoms with Gasteiger partial charge in [-0.1, -0.05) is 0 Å². The predicted molar refractivity (Wildman–Crippen MR) is 51.8 cm³/mol. The summed E-state index contributed by atoms with van der Waals surface area (Å²) in [5, 5.41) is 0. The topological polar surface area (TPSA) is 46.6 Å². The minimum Gasteiger partial charge on any atom is -0.465 e. The molecule has 0 N–H and O–H groups in total. The van der Waals surface area contributed by atoms with Gasteiger partial charge in [0.1, 0.15) is 5.92 Å². The van der Waals surface area contributed by atoms with Crippen molar-refractivity contribution in [1.82, 2.24) is 4.90 Å². The van der Waals surface area contributed by atoms with Gasteiger partial charge in [0, 0.05) is 6.04 Å². The Balaban J connectivity index is 2.61. The molecule has 2 atom stereocenters. The van der Waals surface area contributed by atoms with E-state index in [0.717, 1.165) is 0 Å². The zero-order chi connectivity index (χ0) is 10.7. The molecular weight excluding hydrogens is 182 g/mol. The number of Topliss-reactive ketones (excluding diaryl/α,β-unsaturated/α-hetero) is 1. The number of likely N-dealkylation sites (N-methyl/N-ethyl adjacent to an activating group) is 1. The van der Waals surface area contributed by atoms with E-state index in [-0.39, 0.29) is 17.8 Å². The number of ketones is 1. The number of rotatable bonds is 2. The second-order valence-electron chi connectivity index (χ2n) is 3.77. The standard InChI is InChI=1S/C10H17NO3/c1-4-14-10(13)8-5-7(2)11(3)6-9(8)12/h7-8H,4-6H2,1-3H3. The fourth-order valence-electron chi connectivity index (χ4n) is 1.63. The summed E-state index contributed by atoms with van der Waals surface area (Å²) in [6.07, 6.45) is 0.578. The first-order chi connectivity index (χ1) is 6.56. The molecule has 1 saturated heterocycles. The maximum atomic E-state index is 11.5. The lowest BCUT2D eigenvalue weighted by atomic mass is 9.91. The van der Waals surface area contributed by atoms with Crippen molar-refractivity contribution in [2.75, 3.05) is 20.2 Å². The van der Waals surface area contributed by atoms with Crippen LogP contribution < -0.4 is 0 Å². The summed E-state index contributed by atoms with van der Waals surface area (Å²) < 4.78 is 4.86. The average molecular weight is 199 g/mol. The SMILES string of the molecule is CCOC(=O)C1CC(C)N(C)CC1=O. The van der Waals surface area contributed by atoms with Crippen LogP contribution in [-0.4, -0.2) is 42.9 Å². The van der Waals surface area contributed by atoms with Crippen LogP contribution in [0, 0.1) is 5.92 Å². The number of likely N-dealkylation sites (tertiary alicyclic amines) is 1. The number of carbonyl (C=O) groups excluding carboxylic acids is 2. The molecule has 0 bridgehead atoms. The van der Waals surface area contributed by atoms with E-state index in [2.05, 4.69) is 0 Å². The predicted octanol–water partition coefficient (Wildman–Crippen LogP) is 0.459. The van der Waals surface area contributed by atoms with Gasteiger partial charge in [-0.3, -0.25) is 14.5 Å². The van der Waals surface area contributed by atoms with Crippen LogP contribution in [0.2, 0.25) is 0 Å². The van der Waals surface area contributed by atoms with Gasteiger partial charge in [0.05, 0.1) is 13.2 Å². The van der Waals surface area contributed by atoms with E-state index >= 15 is 0 Å². The summed E-state index contributed by atoms with van der Waals surface area (Å²) >= 11 is 0. The quantitative estimate of drug-likeness (QED) is 0.479. The fraction of sp³-hybridized carbons (Fsp3) is 0.800. The Labute approximate surface area is 84.2 Å². The zero-order valence-corrected chi connectivity index (χ0v) is 8.95. The third-order valence-corrected chi connectivity index (χ3v) is 2.69. The number of hydrogen-bond acceptors (Lipinski definition) is 4. The normalized spacial score (nSPS) is 28.9. The number of esters is 1. The molecule has 0 saturated carbocycles. The molecule has 0 amide bonds. The molecule has 4 nitrogen and oxygen atoms in total. The van der Waals surface area contributed by atoms with Gasteiger partial charge >= 0.3 is 5.97 Å². The van der Waals surface area contributed by atoms with Gasteiger partial charge in [-0.15, -0.1) is 0 Å². The summed E-state index contributed by atoms with van der Waals surface area (Å²) in [6.45, 7) is 4.46. The van der Waals surface area contributed by atoms with Gasteiger partial charge in [0.15, 0.2) is 5.78 Å². The van der Waals surface area contributed by atoms with Gasteiger partial charge in [-0.05, 0) is 27.3 Å². The molecule has 1 aliphatic heterocycles. The Morgan fingerprint density at radius 2 is 2.29 bits per heavy atom. The molecule has 0 radical (unpaired) electrons. The van der Waals surface area contributed by atoms with Crippen molar-refractivity contribution in [2.24, 2.45) is 5.92 Å². The second-order valence-corrected chi connectivity index (χ2v) is 3.77. The van der Waals surface area contributed by atoms with Crippen LogP contribution in [0.4, 0.5) is 0 Å². The van der Waals surface area contributed by atoms with Gasteiger partial charge in [-0.25, -0.2) is 0 Å². The average Bonchev–Trinajstić information content (AvgIpc) is 2.11. The van der Waals surface area contributed by atoms with Gasteiger partial charge < -0.3 is 4.74 Å². The van der Waals surface area contributed by atoms with Crippen molar-refractivity contribution in [3.8, 4) is 0 Å². The smallest absolute Gasteiger partial charge is 0.316 e. The van der Waals surface area contributed by atoms with Gasteiger partial charge in [0.25, 0.3) is 0 Å². The first-order valence-corrected chi connectivity index (χ1v) is 4.95. The lowest BCUT2D eigenvalue weighted by Crippen LogP contribution is -2.47. The van der Waals surface area contributed by atoms with Gasteiger partial charge in [0.2, 0.25) is 0 Å². The van der Waals surface area contributed by atoms with E-state index in [1.165, 1.54) is 0 Å². The Hall–Kier alpha value is -0.900. The highest BCUT2D eigenvalue weighted by atomic mass is 16.5. The summed E-state index contributed by atoms with van der Waals surface area (Å²) in [5.74, 6) is -0.928. The minimum atomic E-state index is -0.541. The lowest BCUT2D eigenvalue weighted by molar-refractivity contribution is -0.154.